The number of nitrogens with zero attached hydrogens (tertiary/aromatic N) is 1. The van der Waals surface area contributed by atoms with E-state index in [1.54, 1.807) is 35.7 Å². The second-order valence-corrected chi connectivity index (χ2v) is 9.16. The Bertz CT molecular complexity index is 873. The zero-order chi connectivity index (χ0) is 19.2. The summed E-state index contributed by atoms with van der Waals surface area (Å²) in [6, 6.07) is 9.62. The summed E-state index contributed by atoms with van der Waals surface area (Å²) in [5.41, 5.74) is 3.75. The molecule has 1 amide bonds. The lowest BCUT2D eigenvalue weighted by molar-refractivity contribution is 0.0955. The van der Waals surface area contributed by atoms with Gasteiger partial charge in [-0.15, -0.1) is 11.3 Å². The Morgan fingerprint density at radius 3 is 2.58 bits per heavy atom. The average molecular weight is 394 g/mol. The molecule has 0 saturated heterocycles. The number of nitrogens with one attached hydrogen (secondary N) is 2. The van der Waals surface area contributed by atoms with Crippen molar-refractivity contribution >= 4 is 38.7 Å². The van der Waals surface area contributed by atoms with Gasteiger partial charge in [-0.2, -0.15) is 5.10 Å². The number of rotatable bonds is 8. The van der Waals surface area contributed by atoms with E-state index in [-0.39, 0.29) is 15.5 Å². The summed E-state index contributed by atoms with van der Waals surface area (Å²) in [4.78, 5) is 12.4. The fourth-order valence-electron chi connectivity index (χ4n) is 2.14. The third-order valence-electron chi connectivity index (χ3n) is 3.61. The van der Waals surface area contributed by atoms with Gasteiger partial charge in [0.25, 0.3) is 15.9 Å². The van der Waals surface area contributed by atoms with Crippen LogP contribution >= 0.6 is 11.3 Å². The molecule has 0 aliphatic heterocycles. The maximum absolute atomic E-state index is 12.4. The van der Waals surface area contributed by atoms with Gasteiger partial charge in [0.2, 0.25) is 0 Å². The molecule has 26 heavy (non-hydrogen) atoms. The Morgan fingerprint density at radius 2 is 1.92 bits per heavy atom. The monoisotopic (exact) mass is 393 g/mol. The number of benzene rings is 1. The van der Waals surface area contributed by atoms with E-state index >= 15 is 0 Å². The Kier molecular flexibility index (Phi) is 6.93. The van der Waals surface area contributed by atoms with Gasteiger partial charge in [-0.1, -0.05) is 32.0 Å². The van der Waals surface area contributed by atoms with Crippen LogP contribution in [0.4, 0.5) is 5.69 Å². The van der Waals surface area contributed by atoms with E-state index in [1.807, 2.05) is 6.92 Å². The van der Waals surface area contributed by atoms with Crippen LogP contribution in [0.25, 0.3) is 0 Å². The summed E-state index contributed by atoms with van der Waals surface area (Å²) < 4.78 is 27.4. The van der Waals surface area contributed by atoms with Crippen LogP contribution in [0.15, 0.2) is 51.1 Å². The average Bonchev–Trinajstić information content (AvgIpc) is 3.13. The topological polar surface area (TPSA) is 87.6 Å². The summed E-state index contributed by atoms with van der Waals surface area (Å²) in [7, 11) is -3.72. The van der Waals surface area contributed by atoms with Gasteiger partial charge in [0.15, 0.2) is 0 Å². The van der Waals surface area contributed by atoms with Gasteiger partial charge in [-0.25, -0.2) is 13.8 Å². The molecule has 1 aromatic carbocycles. The number of sulfonamides is 1. The van der Waals surface area contributed by atoms with Gasteiger partial charge in [0.05, 0.1) is 11.3 Å². The first kappa shape index (κ1) is 20.1. The van der Waals surface area contributed by atoms with Crippen molar-refractivity contribution in [2.24, 2.45) is 11.0 Å². The van der Waals surface area contributed by atoms with Crippen LogP contribution in [0, 0.1) is 5.92 Å². The molecule has 1 aromatic heterocycles. The second kappa shape index (κ2) is 8.95. The van der Waals surface area contributed by atoms with Crippen molar-refractivity contribution in [2.45, 2.75) is 37.8 Å². The molecule has 0 unspecified atom stereocenters. The highest BCUT2D eigenvalue weighted by Gasteiger charge is 2.19. The van der Waals surface area contributed by atoms with Crippen molar-refractivity contribution in [1.82, 2.24) is 5.43 Å². The summed E-state index contributed by atoms with van der Waals surface area (Å²) >= 11 is 1.11. The lowest BCUT2D eigenvalue weighted by Gasteiger charge is -2.11. The molecule has 2 rings (SSSR count). The smallest absolute Gasteiger partial charge is 0.273 e. The van der Waals surface area contributed by atoms with E-state index in [1.165, 1.54) is 6.07 Å². The highest BCUT2D eigenvalue weighted by Crippen LogP contribution is 2.22. The number of carbonyl (C=O) groups is 1. The molecule has 2 N–H and O–H groups in total. The van der Waals surface area contributed by atoms with Gasteiger partial charge in [0.1, 0.15) is 4.21 Å². The van der Waals surface area contributed by atoms with Crippen LogP contribution in [0.5, 0.6) is 0 Å². The fraction of sp³-hybridized carbons (Fsp3) is 0.333. The molecule has 0 bridgehead atoms. The maximum Gasteiger partial charge on any atom is 0.273 e. The first-order valence-corrected chi connectivity index (χ1v) is 10.6. The number of hydrogen-bond donors (Lipinski definition) is 2. The largest absolute Gasteiger partial charge is 0.278 e. The van der Waals surface area contributed by atoms with Gasteiger partial charge >= 0.3 is 0 Å². The third kappa shape index (κ3) is 5.67. The quantitative estimate of drug-likeness (QED) is 0.523. The normalized spacial score (nSPS) is 12.2. The number of hydrogen-bond acceptors (Lipinski definition) is 5. The number of thiophene rings is 1. The van der Waals surface area contributed by atoms with E-state index in [0.29, 0.717) is 5.92 Å². The van der Waals surface area contributed by atoms with Crippen molar-refractivity contribution in [3.8, 4) is 0 Å². The molecule has 6 nitrogen and oxygen atoms in total. The molecule has 0 fully saturated rings. The molecular formula is C18H23N3O3S2. The highest BCUT2D eigenvalue weighted by atomic mass is 32.2. The van der Waals surface area contributed by atoms with E-state index in [0.717, 1.165) is 29.9 Å². The highest BCUT2D eigenvalue weighted by molar-refractivity contribution is 7.94. The van der Waals surface area contributed by atoms with Crippen LogP contribution in [0.3, 0.4) is 0 Å². The summed E-state index contributed by atoms with van der Waals surface area (Å²) in [6.45, 7) is 6.11. The molecule has 8 heteroatoms. The summed E-state index contributed by atoms with van der Waals surface area (Å²) in [5.74, 6) is 0.0987. The fourth-order valence-corrected chi connectivity index (χ4v) is 4.21. The molecule has 0 atom stereocenters. The predicted octanol–water partition coefficient (Wildman–Crippen LogP) is 4.09. The Labute approximate surface area is 158 Å². The van der Waals surface area contributed by atoms with Crippen molar-refractivity contribution in [2.75, 3.05) is 4.72 Å². The van der Waals surface area contributed by atoms with Gasteiger partial charge < -0.3 is 0 Å². The minimum absolute atomic E-state index is 0.190. The summed E-state index contributed by atoms with van der Waals surface area (Å²) in [6.07, 6.45) is 1.78. The Morgan fingerprint density at radius 1 is 1.19 bits per heavy atom. The minimum Gasteiger partial charge on any atom is -0.278 e. The lowest BCUT2D eigenvalue weighted by atomic mass is 10.1. The van der Waals surface area contributed by atoms with Crippen LogP contribution in [0.1, 0.15) is 44.0 Å². The van der Waals surface area contributed by atoms with Crippen LogP contribution < -0.4 is 10.1 Å². The van der Waals surface area contributed by atoms with E-state index in [9.17, 15) is 13.2 Å². The Balaban J connectivity index is 2.13. The SMILES string of the molecule is C/C(CCC(C)C)=N\NC(=O)c1ccccc1NS(=O)(=O)c1cccs1. The number of anilines is 1. The van der Waals surface area contributed by atoms with Crippen molar-refractivity contribution < 1.29 is 13.2 Å². The zero-order valence-electron chi connectivity index (χ0n) is 15.0. The summed E-state index contributed by atoms with van der Waals surface area (Å²) in [5, 5.41) is 5.78. The molecule has 2 aromatic rings. The molecule has 0 saturated carbocycles. The molecule has 0 spiro atoms. The zero-order valence-corrected chi connectivity index (χ0v) is 16.7. The van der Waals surface area contributed by atoms with Crippen molar-refractivity contribution in [3.05, 3.63) is 47.3 Å². The van der Waals surface area contributed by atoms with Crippen LogP contribution in [0.2, 0.25) is 0 Å². The van der Waals surface area contributed by atoms with Crippen molar-refractivity contribution in [3.63, 3.8) is 0 Å². The van der Waals surface area contributed by atoms with E-state index in [2.05, 4.69) is 29.1 Å². The number of para-hydroxylation sites is 1. The van der Waals surface area contributed by atoms with E-state index < -0.39 is 15.9 Å². The first-order valence-electron chi connectivity index (χ1n) is 8.28. The molecular weight excluding hydrogens is 370 g/mol. The van der Waals surface area contributed by atoms with Gasteiger partial charge in [-0.05, 0) is 49.3 Å². The first-order chi connectivity index (χ1) is 12.3. The van der Waals surface area contributed by atoms with E-state index in [4.69, 9.17) is 0 Å². The third-order valence-corrected chi connectivity index (χ3v) is 6.37. The molecule has 0 aliphatic carbocycles. The molecule has 0 aliphatic rings. The predicted molar refractivity (Wildman–Crippen MR) is 106 cm³/mol. The maximum atomic E-state index is 12.4. The Hall–Kier alpha value is -2.19. The van der Waals surface area contributed by atoms with Crippen molar-refractivity contribution in [1.29, 1.82) is 0 Å². The number of amides is 1. The molecule has 140 valence electrons. The van der Waals surface area contributed by atoms with Gasteiger partial charge in [-0.3, -0.25) is 9.52 Å². The standard InChI is InChI=1S/C18H23N3O3S2/c1-13(2)10-11-14(3)19-20-18(22)15-7-4-5-8-16(15)21-26(23,24)17-9-6-12-25-17/h4-9,12-13,21H,10-11H2,1-3H3,(H,20,22)/b19-14+. The number of hydrazone groups is 1. The van der Waals surface area contributed by atoms with Crippen LogP contribution in [-0.2, 0) is 10.0 Å². The van der Waals surface area contributed by atoms with Crippen LogP contribution in [-0.4, -0.2) is 20.0 Å². The van der Waals surface area contributed by atoms with Gasteiger partial charge in [0, 0.05) is 5.71 Å². The lowest BCUT2D eigenvalue weighted by Crippen LogP contribution is -2.22. The number of carbonyl (C=O) groups excluding carboxylic acids is 1. The molecule has 0 radical (unpaired) electrons. The second-order valence-electron chi connectivity index (χ2n) is 6.30. The minimum atomic E-state index is -3.72. The molecule has 1 heterocycles.